The van der Waals surface area contributed by atoms with Crippen LogP contribution in [0.2, 0.25) is 5.02 Å². The Balaban J connectivity index is 1.91. The summed E-state index contributed by atoms with van der Waals surface area (Å²) in [5.74, 6) is 1.02. The molecule has 0 amide bonds. The maximum absolute atomic E-state index is 5.78. The fourth-order valence-corrected chi connectivity index (χ4v) is 2.07. The van der Waals surface area contributed by atoms with Crippen molar-refractivity contribution in [1.29, 1.82) is 0 Å². The molecule has 0 saturated carbocycles. The lowest BCUT2D eigenvalue weighted by atomic mass is 10.3. The number of rotatable bonds is 3. The molecule has 1 atom stereocenters. The van der Waals surface area contributed by atoms with Gasteiger partial charge in [0.15, 0.2) is 0 Å². The van der Waals surface area contributed by atoms with Gasteiger partial charge in [-0.25, -0.2) is 0 Å². The third kappa shape index (κ3) is 2.63. The molecule has 1 aromatic rings. The molecule has 1 aromatic carbocycles. The molecule has 0 aromatic heterocycles. The lowest BCUT2D eigenvalue weighted by molar-refractivity contribution is 0.348. The van der Waals surface area contributed by atoms with Crippen molar-refractivity contribution in [3.63, 3.8) is 0 Å². The minimum Gasteiger partial charge on any atom is -0.369 e. The second-order valence-corrected chi connectivity index (χ2v) is 4.97. The molecule has 70 valence electrons. The number of hydrogen-bond acceptors (Lipinski definition) is 2. The molecule has 0 N–H and O–H groups in total. The van der Waals surface area contributed by atoms with Crippen LogP contribution in [0, 0.1) is 0 Å². The number of hydrogen-bond donors (Lipinski definition) is 0. The largest absolute Gasteiger partial charge is 0.369 e. The molecule has 2 rings (SSSR count). The van der Waals surface area contributed by atoms with Gasteiger partial charge in [-0.1, -0.05) is 11.6 Å². The molecule has 0 unspecified atom stereocenters. The summed E-state index contributed by atoms with van der Waals surface area (Å²) >= 11 is 7.60. The first-order valence-corrected chi connectivity index (χ1v) is 5.57. The molecule has 1 aliphatic rings. The highest BCUT2D eigenvalue weighted by atomic mass is 35.5. The van der Waals surface area contributed by atoms with E-state index in [1.54, 1.807) is 0 Å². The van der Waals surface area contributed by atoms with Gasteiger partial charge in [0.2, 0.25) is 0 Å². The Morgan fingerprint density at radius 2 is 2.08 bits per heavy atom. The minimum absolute atomic E-state index is 0.129. The van der Waals surface area contributed by atoms with Gasteiger partial charge in [-0.15, -0.1) is 11.8 Å². The Morgan fingerprint density at radius 3 is 2.62 bits per heavy atom. The molecule has 0 bridgehead atoms. The van der Waals surface area contributed by atoms with E-state index in [1.165, 1.54) is 4.90 Å². The molecule has 1 saturated heterocycles. The van der Waals surface area contributed by atoms with E-state index in [4.69, 9.17) is 16.3 Å². The monoisotopic (exact) mass is 214 g/mol. The molecular formula is C10H11ClOS. The number of thioether (sulfide) groups is 1. The van der Waals surface area contributed by atoms with Gasteiger partial charge in [0.05, 0.1) is 12.2 Å². The summed E-state index contributed by atoms with van der Waals surface area (Å²) in [6.45, 7) is 3.03. The van der Waals surface area contributed by atoms with Crippen LogP contribution >= 0.6 is 23.4 Å². The van der Waals surface area contributed by atoms with E-state index < -0.39 is 0 Å². The van der Waals surface area contributed by atoms with E-state index >= 15 is 0 Å². The van der Waals surface area contributed by atoms with Crippen molar-refractivity contribution in [2.24, 2.45) is 0 Å². The van der Waals surface area contributed by atoms with Crippen molar-refractivity contribution in [2.75, 3.05) is 12.4 Å². The average Bonchev–Trinajstić information content (AvgIpc) is 2.84. The van der Waals surface area contributed by atoms with Crippen molar-refractivity contribution >= 4 is 23.4 Å². The van der Waals surface area contributed by atoms with Crippen LogP contribution in [0.25, 0.3) is 0 Å². The van der Waals surface area contributed by atoms with E-state index in [0.717, 1.165) is 17.4 Å². The molecule has 0 radical (unpaired) electrons. The highest BCUT2D eigenvalue weighted by Gasteiger charge is 2.38. The fraction of sp³-hybridized carbons (Fsp3) is 0.400. The number of ether oxygens (including phenoxy) is 1. The third-order valence-corrected chi connectivity index (χ3v) is 3.61. The van der Waals surface area contributed by atoms with Crippen molar-refractivity contribution < 1.29 is 4.74 Å². The molecule has 1 fully saturated rings. The van der Waals surface area contributed by atoms with Gasteiger partial charge in [0, 0.05) is 15.7 Å². The molecule has 3 heteroatoms. The van der Waals surface area contributed by atoms with Crippen LogP contribution in [-0.2, 0) is 4.74 Å². The van der Waals surface area contributed by atoms with Gasteiger partial charge in [-0.3, -0.25) is 0 Å². The van der Waals surface area contributed by atoms with E-state index in [9.17, 15) is 0 Å². The standard InChI is InChI=1S/C10H11ClOS/c1-10(6-12-10)7-13-9-4-2-8(11)3-5-9/h2-5H,6-7H2,1H3/t10-/m0/s1. The number of benzene rings is 1. The topological polar surface area (TPSA) is 12.5 Å². The van der Waals surface area contributed by atoms with E-state index in [2.05, 4.69) is 6.92 Å². The summed E-state index contributed by atoms with van der Waals surface area (Å²) in [7, 11) is 0. The minimum atomic E-state index is 0.129. The van der Waals surface area contributed by atoms with Gasteiger partial charge in [-0.2, -0.15) is 0 Å². The van der Waals surface area contributed by atoms with Gasteiger partial charge >= 0.3 is 0 Å². The van der Waals surface area contributed by atoms with Gasteiger partial charge in [0.1, 0.15) is 0 Å². The Labute approximate surface area is 87.4 Å². The van der Waals surface area contributed by atoms with Crippen molar-refractivity contribution in [2.45, 2.75) is 17.4 Å². The zero-order valence-corrected chi connectivity index (χ0v) is 8.99. The molecule has 0 aliphatic carbocycles. The molecule has 0 spiro atoms. The van der Waals surface area contributed by atoms with E-state index in [0.29, 0.717) is 0 Å². The third-order valence-electron chi connectivity index (χ3n) is 1.99. The van der Waals surface area contributed by atoms with Crippen molar-refractivity contribution in [3.05, 3.63) is 29.3 Å². The average molecular weight is 215 g/mol. The molecular weight excluding hydrogens is 204 g/mol. The van der Waals surface area contributed by atoms with Gasteiger partial charge in [-0.05, 0) is 31.2 Å². The zero-order valence-electron chi connectivity index (χ0n) is 7.42. The maximum atomic E-state index is 5.78. The highest BCUT2D eigenvalue weighted by molar-refractivity contribution is 7.99. The summed E-state index contributed by atoms with van der Waals surface area (Å²) < 4.78 is 5.29. The Kier molecular flexibility index (Phi) is 2.54. The lowest BCUT2D eigenvalue weighted by Gasteiger charge is -2.04. The molecule has 1 heterocycles. The lowest BCUT2D eigenvalue weighted by Crippen LogP contribution is -2.07. The zero-order chi connectivity index (χ0) is 9.31. The first-order valence-electron chi connectivity index (χ1n) is 4.20. The summed E-state index contributed by atoms with van der Waals surface area (Å²) in [4.78, 5) is 1.25. The molecule has 13 heavy (non-hydrogen) atoms. The predicted octanol–water partition coefficient (Wildman–Crippen LogP) is 3.22. The Bertz CT molecular complexity index is 292. The highest BCUT2D eigenvalue weighted by Crippen LogP contribution is 2.33. The van der Waals surface area contributed by atoms with Crippen LogP contribution in [-0.4, -0.2) is 18.0 Å². The van der Waals surface area contributed by atoms with Crippen LogP contribution in [0.1, 0.15) is 6.92 Å². The second kappa shape index (κ2) is 3.52. The summed E-state index contributed by atoms with van der Waals surface area (Å²) in [5.41, 5.74) is 0.129. The Morgan fingerprint density at radius 1 is 1.46 bits per heavy atom. The predicted molar refractivity (Wildman–Crippen MR) is 56.5 cm³/mol. The smallest absolute Gasteiger partial charge is 0.0981 e. The van der Waals surface area contributed by atoms with E-state index in [-0.39, 0.29) is 5.60 Å². The van der Waals surface area contributed by atoms with Crippen molar-refractivity contribution in [3.8, 4) is 0 Å². The second-order valence-electron chi connectivity index (χ2n) is 3.48. The molecule has 1 nitrogen and oxygen atoms in total. The maximum Gasteiger partial charge on any atom is 0.0981 e. The Hall–Kier alpha value is -0.180. The first kappa shape index (κ1) is 9.38. The van der Waals surface area contributed by atoms with Crippen LogP contribution in [0.15, 0.2) is 29.2 Å². The SMILES string of the molecule is C[C@@]1(CSc2ccc(Cl)cc2)CO1. The summed E-state index contributed by atoms with van der Waals surface area (Å²) in [5, 5.41) is 0.790. The van der Waals surface area contributed by atoms with E-state index in [1.807, 2.05) is 36.0 Å². The van der Waals surface area contributed by atoms with Crippen LogP contribution in [0.3, 0.4) is 0 Å². The molecule has 1 aliphatic heterocycles. The number of halogens is 1. The van der Waals surface area contributed by atoms with Crippen molar-refractivity contribution in [1.82, 2.24) is 0 Å². The van der Waals surface area contributed by atoms with Gasteiger partial charge in [0.25, 0.3) is 0 Å². The summed E-state index contributed by atoms with van der Waals surface area (Å²) in [6, 6.07) is 7.91. The van der Waals surface area contributed by atoms with Gasteiger partial charge < -0.3 is 4.74 Å². The summed E-state index contributed by atoms with van der Waals surface area (Å²) in [6.07, 6.45) is 0. The van der Waals surface area contributed by atoms with Crippen LogP contribution in [0.4, 0.5) is 0 Å². The van der Waals surface area contributed by atoms with Crippen LogP contribution < -0.4 is 0 Å². The normalized spacial score (nSPS) is 26.0. The van der Waals surface area contributed by atoms with Crippen LogP contribution in [0.5, 0.6) is 0 Å². The quantitative estimate of drug-likeness (QED) is 0.566. The first-order chi connectivity index (χ1) is 6.18. The number of epoxide rings is 1. The fourth-order valence-electron chi connectivity index (χ4n) is 0.973.